The summed E-state index contributed by atoms with van der Waals surface area (Å²) < 4.78 is 0. The van der Waals surface area contributed by atoms with Gasteiger partial charge in [0.1, 0.15) is 0 Å². The maximum atomic E-state index is 5.29. The quantitative estimate of drug-likeness (QED) is 0.168. The van der Waals surface area contributed by atoms with Crippen LogP contribution in [0.5, 0.6) is 0 Å². The Morgan fingerprint density at radius 3 is 1.39 bits per heavy atom. The fourth-order valence-corrected chi connectivity index (χ4v) is 9.69. The molecule has 0 unspecified atom stereocenters. The van der Waals surface area contributed by atoms with Gasteiger partial charge < -0.3 is 0 Å². The van der Waals surface area contributed by atoms with E-state index >= 15 is 0 Å². The van der Waals surface area contributed by atoms with Crippen LogP contribution in [0.1, 0.15) is 25.0 Å². The fraction of sp³-hybridized carbons (Fsp3) is 0.0536. The van der Waals surface area contributed by atoms with Gasteiger partial charge in [0.2, 0.25) is 0 Å². The molecule has 10 aromatic carbocycles. The van der Waals surface area contributed by atoms with Crippen molar-refractivity contribution in [1.82, 2.24) is 15.0 Å². The summed E-state index contributed by atoms with van der Waals surface area (Å²) in [5.74, 6) is 1.94. The number of aromatic nitrogens is 3. The minimum atomic E-state index is -0.0395. The van der Waals surface area contributed by atoms with Gasteiger partial charge in [-0.15, -0.1) is 0 Å². The SMILES string of the molecule is CC1(C)c2ccccc2-c2cc(-c3ccc(-c4nc(-c5ccc6c(ccc7ccccc76)c5)nc(-c5ccc6c(ccc7ccccc76)c5)n4)c4ccccc34)ccc21. The van der Waals surface area contributed by atoms with Crippen LogP contribution >= 0.6 is 0 Å². The van der Waals surface area contributed by atoms with Crippen molar-refractivity contribution in [2.45, 2.75) is 19.3 Å². The lowest BCUT2D eigenvalue weighted by Crippen LogP contribution is -2.14. The molecule has 3 nitrogen and oxygen atoms in total. The van der Waals surface area contributed by atoms with E-state index in [1.165, 1.54) is 65.7 Å². The van der Waals surface area contributed by atoms with Gasteiger partial charge in [-0.1, -0.05) is 178 Å². The third-order valence-electron chi connectivity index (χ3n) is 12.7. The Morgan fingerprint density at radius 1 is 0.288 bits per heavy atom. The summed E-state index contributed by atoms with van der Waals surface area (Å²) in [4.78, 5) is 15.8. The van der Waals surface area contributed by atoms with Crippen LogP contribution < -0.4 is 0 Å². The van der Waals surface area contributed by atoms with E-state index in [1.807, 2.05) is 0 Å². The highest BCUT2D eigenvalue weighted by Gasteiger charge is 2.35. The van der Waals surface area contributed by atoms with Crippen molar-refractivity contribution in [3.05, 3.63) is 199 Å². The van der Waals surface area contributed by atoms with Crippen molar-refractivity contribution in [2.75, 3.05) is 0 Å². The number of benzene rings is 10. The number of nitrogens with zero attached hydrogens (tertiary/aromatic N) is 3. The monoisotopic (exact) mass is 751 g/mol. The van der Waals surface area contributed by atoms with Crippen molar-refractivity contribution in [2.24, 2.45) is 0 Å². The average molecular weight is 752 g/mol. The lowest BCUT2D eigenvalue weighted by atomic mass is 9.82. The van der Waals surface area contributed by atoms with E-state index in [4.69, 9.17) is 15.0 Å². The normalized spacial score (nSPS) is 13.1. The molecule has 0 fully saturated rings. The summed E-state index contributed by atoms with van der Waals surface area (Å²) in [6.07, 6.45) is 0. The van der Waals surface area contributed by atoms with Gasteiger partial charge >= 0.3 is 0 Å². The van der Waals surface area contributed by atoms with Gasteiger partial charge in [0.05, 0.1) is 0 Å². The molecule has 0 saturated carbocycles. The Kier molecular flexibility index (Phi) is 7.27. The van der Waals surface area contributed by atoms with Crippen molar-refractivity contribution < 1.29 is 0 Å². The minimum Gasteiger partial charge on any atom is -0.208 e. The highest BCUT2D eigenvalue weighted by Crippen LogP contribution is 2.50. The van der Waals surface area contributed by atoms with Crippen molar-refractivity contribution in [1.29, 1.82) is 0 Å². The molecule has 11 aromatic rings. The zero-order valence-corrected chi connectivity index (χ0v) is 32.7. The van der Waals surface area contributed by atoms with Gasteiger partial charge in [-0.05, 0) is 112 Å². The maximum absolute atomic E-state index is 5.29. The number of hydrogen-bond acceptors (Lipinski definition) is 3. The van der Waals surface area contributed by atoms with Crippen LogP contribution in [0.4, 0.5) is 0 Å². The summed E-state index contributed by atoms with van der Waals surface area (Å²) in [6, 6.07) is 68.0. The molecule has 0 amide bonds. The third kappa shape index (κ3) is 5.25. The molecule has 0 aliphatic heterocycles. The maximum Gasteiger partial charge on any atom is 0.164 e. The summed E-state index contributed by atoms with van der Waals surface area (Å²) in [5, 5.41) is 11.9. The van der Waals surface area contributed by atoms with E-state index in [0.29, 0.717) is 17.5 Å². The molecule has 3 heteroatoms. The number of rotatable bonds is 4. The largest absolute Gasteiger partial charge is 0.208 e. The van der Waals surface area contributed by atoms with Crippen molar-refractivity contribution in [3.8, 4) is 56.4 Å². The minimum absolute atomic E-state index is 0.0395. The Balaban J connectivity index is 1.04. The van der Waals surface area contributed by atoms with Crippen LogP contribution in [0.15, 0.2) is 188 Å². The van der Waals surface area contributed by atoms with Crippen LogP contribution in [-0.2, 0) is 5.41 Å². The Hall–Kier alpha value is -7.49. The standard InChI is InChI=1S/C56H37N3/c1-56(2)51-18-10-9-17-48(51)50-33-38(25-30-52(50)56)45-28-29-49(47-16-8-7-15-46(45)47)55-58-53(39-23-26-43-36(31-39)21-19-34-11-3-5-13-41(34)43)57-54(59-55)40-24-27-44-37(32-40)22-20-35-12-4-6-14-42(35)44/h3-33H,1-2H3. The molecular formula is C56H37N3. The van der Waals surface area contributed by atoms with E-state index in [0.717, 1.165) is 38.2 Å². The zero-order valence-electron chi connectivity index (χ0n) is 32.7. The molecule has 0 radical (unpaired) electrons. The number of hydrogen-bond donors (Lipinski definition) is 0. The highest BCUT2D eigenvalue weighted by atomic mass is 15.0. The first kappa shape index (κ1) is 33.6. The average Bonchev–Trinajstić information content (AvgIpc) is 3.53. The van der Waals surface area contributed by atoms with Crippen LogP contribution in [0.3, 0.4) is 0 Å². The Bertz CT molecular complexity index is 3410. The molecule has 0 saturated heterocycles. The Labute approximate surface area is 342 Å². The second-order valence-electron chi connectivity index (χ2n) is 16.4. The first-order chi connectivity index (χ1) is 29.0. The van der Waals surface area contributed by atoms with E-state index in [2.05, 4.69) is 202 Å². The Morgan fingerprint density at radius 2 is 0.746 bits per heavy atom. The topological polar surface area (TPSA) is 38.7 Å². The van der Waals surface area contributed by atoms with Crippen LogP contribution in [0.2, 0.25) is 0 Å². The van der Waals surface area contributed by atoms with Crippen LogP contribution in [0.25, 0.3) is 110 Å². The lowest BCUT2D eigenvalue weighted by Gasteiger charge is -2.21. The molecule has 1 aliphatic carbocycles. The molecule has 59 heavy (non-hydrogen) atoms. The zero-order chi connectivity index (χ0) is 39.2. The van der Waals surface area contributed by atoms with Gasteiger partial charge in [0.25, 0.3) is 0 Å². The van der Waals surface area contributed by atoms with E-state index in [1.54, 1.807) is 0 Å². The predicted octanol–water partition coefficient (Wildman–Crippen LogP) is 14.6. The molecule has 12 rings (SSSR count). The van der Waals surface area contributed by atoms with Gasteiger partial charge in [-0.25, -0.2) is 15.0 Å². The van der Waals surface area contributed by atoms with Gasteiger partial charge in [-0.2, -0.15) is 0 Å². The van der Waals surface area contributed by atoms with Gasteiger partial charge in [0.15, 0.2) is 17.5 Å². The molecule has 1 aromatic heterocycles. The van der Waals surface area contributed by atoms with Crippen LogP contribution in [0, 0.1) is 0 Å². The summed E-state index contributed by atoms with van der Waals surface area (Å²) in [5.41, 5.74) is 10.6. The first-order valence-corrected chi connectivity index (χ1v) is 20.3. The lowest BCUT2D eigenvalue weighted by molar-refractivity contribution is 0.660. The molecule has 1 aliphatic rings. The van der Waals surface area contributed by atoms with Crippen molar-refractivity contribution in [3.63, 3.8) is 0 Å². The molecule has 0 spiro atoms. The van der Waals surface area contributed by atoms with E-state index < -0.39 is 0 Å². The molecule has 276 valence electrons. The summed E-state index contributed by atoms with van der Waals surface area (Å²) in [7, 11) is 0. The molecule has 0 atom stereocenters. The molecule has 0 N–H and O–H groups in total. The summed E-state index contributed by atoms with van der Waals surface area (Å²) in [6.45, 7) is 4.66. The first-order valence-electron chi connectivity index (χ1n) is 20.3. The van der Waals surface area contributed by atoms with E-state index in [-0.39, 0.29) is 5.41 Å². The van der Waals surface area contributed by atoms with Crippen molar-refractivity contribution >= 4 is 53.9 Å². The number of fused-ring (bicyclic) bond motifs is 10. The molecule has 0 bridgehead atoms. The summed E-state index contributed by atoms with van der Waals surface area (Å²) >= 11 is 0. The predicted molar refractivity (Wildman–Crippen MR) is 247 cm³/mol. The highest BCUT2D eigenvalue weighted by molar-refractivity contribution is 6.10. The molecular weight excluding hydrogens is 715 g/mol. The van der Waals surface area contributed by atoms with Gasteiger partial charge in [0, 0.05) is 22.1 Å². The van der Waals surface area contributed by atoms with E-state index in [9.17, 15) is 0 Å². The second kappa shape index (κ2) is 12.8. The van der Waals surface area contributed by atoms with Gasteiger partial charge in [-0.3, -0.25) is 0 Å². The molecule has 1 heterocycles. The van der Waals surface area contributed by atoms with Crippen LogP contribution in [-0.4, -0.2) is 15.0 Å². The third-order valence-corrected chi connectivity index (χ3v) is 12.7. The fourth-order valence-electron chi connectivity index (χ4n) is 9.69. The smallest absolute Gasteiger partial charge is 0.164 e. The second-order valence-corrected chi connectivity index (χ2v) is 16.4.